The van der Waals surface area contributed by atoms with Crippen molar-refractivity contribution < 1.29 is 13.2 Å². The number of hydrogen-bond donors (Lipinski definition) is 0. The molecule has 0 aromatic heterocycles. The molecule has 1 rings (SSSR count). The Morgan fingerprint density at radius 3 is 2.67 bits per heavy atom. The second kappa shape index (κ2) is 3.33. The summed E-state index contributed by atoms with van der Waals surface area (Å²) in [6.07, 6.45) is 1.40. The molecule has 0 N–H and O–H groups in total. The van der Waals surface area contributed by atoms with Crippen LogP contribution in [-0.4, -0.2) is 6.18 Å². The molecule has 0 aromatic rings. The highest BCUT2D eigenvalue weighted by Crippen LogP contribution is 2.31. The Hall–Kier alpha value is -0.730. The normalized spacial score (nSPS) is 24.0. The van der Waals surface area contributed by atoms with E-state index in [9.17, 15) is 13.2 Å². The van der Waals surface area contributed by atoms with E-state index in [0.29, 0.717) is 0 Å². The van der Waals surface area contributed by atoms with Gasteiger partial charge in [-0.1, -0.05) is 25.2 Å². The van der Waals surface area contributed by atoms with E-state index in [4.69, 9.17) is 0 Å². The van der Waals surface area contributed by atoms with E-state index in [2.05, 4.69) is 0 Å². The first kappa shape index (κ1) is 9.36. The predicted molar refractivity (Wildman–Crippen MR) is 41.7 cm³/mol. The van der Waals surface area contributed by atoms with Crippen LogP contribution in [0.2, 0.25) is 0 Å². The van der Waals surface area contributed by atoms with Crippen LogP contribution in [0, 0.1) is 5.92 Å². The van der Waals surface area contributed by atoms with Crippen molar-refractivity contribution in [2.24, 2.45) is 5.92 Å². The monoisotopic (exact) mass is 176 g/mol. The molecule has 0 amide bonds. The second-order valence-corrected chi connectivity index (χ2v) is 2.93. The van der Waals surface area contributed by atoms with Gasteiger partial charge in [-0.3, -0.25) is 0 Å². The molecule has 1 atom stereocenters. The number of hydrogen-bond acceptors (Lipinski definition) is 0. The highest BCUT2D eigenvalue weighted by Gasteiger charge is 2.33. The molecule has 0 nitrogen and oxygen atoms in total. The van der Waals surface area contributed by atoms with Gasteiger partial charge in [-0.25, -0.2) is 0 Å². The zero-order valence-electron chi connectivity index (χ0n) is 6.86. The van der Waals surface area contributed by atoms with Gasteiger partial charge in [0.25, 0.3) is 0 Å². The van der Waals surface area contributed by atoms with Crippen molar-refractivity contribution in [3.8, 4) is 0 Å². The first-order valence-corrected chi connectivity index (χ1v) is 3.99. The fourth-order valence-corrected chi connectivity index (χ4v) is 1.22. The molecule has 12 heavy (non-hydrogen) atoms. The summed E-state index contributed by atoms with van der Waals surface area (Å²) in [5.74, 6) is 0.0617. The Kier molecular flexibility index (Phi) is 2.60. The molecule has 0 aromatic carbocycles. The van der Waals surface area contributed by atoms with E-state index >= 15 is 0 Å². The van der Waals surface area contributed by atoms with Gasteiger partial charge in [-0.05, 0) is 18.8 Å². The van der Waals surface area contributed by atoms with Crippen molar-refractivity contribution >= 4 is 0 Å². The molecule has 0 bridgehead atoms. The number of halogens is 3. The van der Waals surface area contributed by atoms with Crippen LogP contribution in [0.5, 0.6) is 0 Å². The summed E-state index contributed by atoms with van der Waals surface area (Å²) in [5.41, 5.74) is -0.499. The van der Waals surface area contributed by atoms with Crippen LogP contribution in [0.1, 0.15) is 19.8 Å². The highest BCUT2D eigenvalue weighted by molar-refractivity contribution is 5.27. The van der Waals surface area contributed by atoms with Crippen molar-refractivity contribution in [2.75, 3.05) is 0 Å². The molecule has 1 aliphatic rings. The van der Waals surface area contributed by atoms with E-state index in [1.165, 1.54) is 6.08 Å². The van der Waals surface area contributed by atoms with Crippen LogP contribution in [0.25, 0.3) is 0 Å². The Labute approximate surface area is 69.8 Å². The van der Waals surface area contributed by atoms with Crippen LogP contribution in [-0.2, 0) is 0 Å². The largest absolute Gasteiger partial charge is 0.416 e. The lowest BCUT2D eigenvalue weighted by Gasteiger charge is -2.16. The lowest BCUT2D eigenvalue weighted by atomic mass is 9.94. The highest BCUT2D eigenvalue weighted by atomic mass is 19.4. The third-order valence-electron chi connectivity index (χ3n) is 2.00. The third kappa shape index (κ3) is 2.13. The molecule has 1 aliphatic carbocycles. The summed E-state index contributed by atoms with van der Waals surface area (Å²) in [6.45, 7) is 1.90. The molecule has 0 aliphatic heterocycles. The van der Waals surface area contributed by atoms with Crippen molar-refractivity contribution in [1.82, 2.24) is 0 Å². The quantitative estimate of drug-likeness (QED) is 0.574. The molecule has 68 valence electrons. The maximum Gasteiger partial charge on any atom is 0.416 e. The van der Waals surface area contributed by atoms with Crippen molar-refractivity contribution in [3.63, 3.8) is 0 Å². The zero-order chi connectivity index (χ0) is 9.19. The molecule has 0 spiro atoms. The molecule has 3 heteroatoms. The standard InChI is InChI=1S/C9H11F3/c1-2-7-4-3-5-8(6-7)9(10,11)12/h3,5-7H,2,4H2,1H3. The minimum absolute atomic E-state index is 0.0617. The number of rotatable bonds is 1. The Bertz CT molecular complexity index is 210. The predicted octanol–water partition coefficient (Wildman–Crippen LogP) is 3.46. The minimum atomic E-state index is -4.18. The van der Waals surface area contributed by atoms with Gasteiger partial charge in [0.05, 0.1) is 5.57 Å². The number of alkyl halides is 3. The van der Waals surface area contributed by atoms with Gasteiger partial charge in [0.2, 0.25) is 0 Å². The summed E-state index contributed by atoms with van der Waals surface area (Å²) >= 11 is 0. The number of allylic oxidation sites excluding steroid dienone is 4. The summed E-state index contributed by atoms with van der Waals surface area (Å²) < 4.78 is 36.4. The fraction of sp³-hybridized carbons (Fsp3) is 0.556. The average molecular weight is 176 g/mol. The SMILES string of the molecule is CCC1C=C(C(F)(F)F)C=CC1. The average Bonchev–Trinajstić information content (AvgIpc) is 2.03. The summed E-state index contributed by atoms with van der Waals surface area (Å²) in [5, 5.41) is 0. The van der Waals surface area contributed by atoms with E-state index in [-0.39, 0.29) is 5.92 Å². The maximum absolute atomic E-state index is 12.1. The second-order valence-electron chi connectivity index (χ2n) is 2.93. The summed E-state index contributed by atoms with van der Waals surface area (Å²) in [4.78, 5) is 0. The van der Waals surface area contributed by atoms with E-state index in [1.807, 2.05) is 6.92 Å². The molecule has 0 saturated heterocycles. The first-order valence-electron chi connectivity index (χ1n) is 3.99. The topological polar surface area (TPSA) is 0 Å². The smallest absolute Gasteiger partial charge is 0.166 e. The summed E-state index contributed by atoms with van der Waals surface area (Å²) in [6, 6.07) is 0. The van der Waals surface area contributed by atoms with E-state index in [0.717, 1.165) is 18.9 Å². The van der Waals surface area contributed by atoms with Crippen LogP contribution >= 0.6 is 0 Å². The van der Waals surface area contributed by atoms with E-state index < -0.39 is 11.7 Å². The Morgan fingerprint density at radius 1 is 1.50 bits per heavy atom. The van der Waals surface area contributed by atoms with Crippen LogP contribution in [0.3, 0.4) is 0 Å². The molecular formula is C9H11F3. The zero-order valence-corrected chi connectivity index (χ0v) is 6.86. The first-order chi connectivity index (χ1) is 5.54. The van der Waals surface area contributed by atoms with Gasteiger partial charge in [-0.2, -0.15) is 13.2 Å². The third-order valence-corrected chi connectivity index (χ3v) is 2.00. The van der Waals surface area contributed by atoms with Crippen molar-refractivity contribution in [2.45, 2.75) is 25.9 Å². The lowest BCUT2D eigenvalue weighted by molar-refractivity contribution is -0.0889. The molecule has 0 heterocycles. The molecule has 1 unspecified atom stereocenters. The van der Waals surface area contributed by atoms with Gasteiger partial charge in [0.15, 0.2) is 0 Å². The van der Waals surface area contributed by atoms with E-state index in [1.54, 1.807) is 6.08 Å². The molecule has 0 radical (unpaired) electrons. The maximum atomic E-state index is 12.1. The van der Waals surface area contributed by atoms with Gasteiger partial charge in [-0.15, -0.1) is 0 Å². The Balaban J connectivity index is 2.77. The Morgan fingerprint density at radius 2 is 2.17 bits per heavy atom. The molecular weight excluding hydrogens is 165 g/mol. The van der Waals surface area contributed by atoms with Gasteiger partial charge < -0.3 is 0 Å². The minimum Gasteiger partial charge on any atom is -0.166 e. The van der Waals surface area contributed by atoms with Crippen LogP contribution in [0.4, 0.5) is 13.2 Å². The molecule has 0 saturated carbocycles. The van der Waals surface area contributed by atoms with Gasteiger partial charge >= 0.3 is 6.18 Å². The lowest BCUT2D eigenvalue weighted by Crippen LogP contribution is -2.13. The fourth-order valence-electron chi connectivity index (χ4n) is 1.22. The van der Waals surface area contributed by atoms with Crippen molar-refractivity contribution in [1.29, 1.82) is 0 Å². The van der Waals surface area contributed by atoms with Crippen molar-refractivity contribution in [3.05, 3.63) is 23.8 Å². The van der Waals surface area contributed by atoms with Gasteiger partial charge in [0.1, 0.15) is 0 Å². The van der Waals surface area contributed by atoms with Crippen LogP contribution < -0.4 is 0 Å². The molecule has 0 fully saturated rings. The van der Waals surface area contributed by atoms with Crippen LogP contribution in [0.15, 0.2) is 23.8 Å². The van der Waals surface area contributed by atoms with Gasteiger partial charge in [0, 0.05) is 0 Å². The summed E-state index contributed by atoms with van der Waals surface area (Å²) in [7, 11) is 0.